The van der Waals surface area contributed by atoms with Gasteiger partial charge in [0.1, 0.15) is 5.82 Å². The van der Waals surface area contributed by atoms with Crippen molar-refractivity contribution in [3.05, 3.63) is 93.7 Å². The third-order valence-corrected chi connectivity index (χ3v) is 6.98. The highest BCUT2D eigenvalue weighted by Crippen LogP contribution is 2.38. The fourth-order valence-corrected chi connectivity index (χ4v) is 5.44. The Kier molecular flexibility index (Phi) is 5.75. The van der Waals surface area contributed by atoms with Gasteiger partial charge < -0.3 is 4.98 Å². The summed E-state index contributed by atoms with van der Waals surface area (Å²) in [5.74, 6) is 0.165. The van der Waals surface area contributed by atoms with E-state index in [1.54, 1.807) is 0 Å². The molecule has 0 saturated carbocycles. The van der Waals surface area contributed by atoms with Gasteiger partial charge in [-0.1, -0.05) is 47.5 Å². The van der Waals surface area contributed by atoms with Crippen molar-refractivity contribution < 1.29 is 4.39 Å². The van der Waals surface area contributed by atoms with E-state index in [4.69, 9.17) is 23.2 Å². The number of halogens is 3. The Morgan fingerprint density at radius 1 is 0.871 bits per heavy atom. The Morgan fingerprint density at radius 2 is 1.55 bits per heavy atom. The van der Waals surface area contributed by atoms with Crippen molar-refractivity contribution in [3.8, 4) is 11.3 Å². The summed E-state index contributed by atoms with van der Waals surface area (Å²) in [6, 6.07) is 20.8. The summed E-state index contributed by atoms with van der Waals surface area (Å²) in [6.07, 6.45) is 2.05. The summed E-state index contributed by atoms with van der Waals surface area (Å²) >= 11 is 12.9. The third-order valence-electron chi connectivity index (χ3n) is 6.32. The zero-order valence-electron chi connectivity index (χ0n) is 17.0. The number of piperidine rings is 1. The first-order valence-corrected chi connectivity index (χ1v) is 11.4. The molecule has 2 heterocycles. The molecular weight excluding hydrogens is 430 g/mol. The number of para-hydroxylation sites is 1. The standard InChI is InChI=1S/C26H23Cl2FN2/c27-22-5-3-6-23(28)25(22)17-12-14-31(15-13-17)16-21-20-4-1-2-7-24(20)30-26(21)18-8-10-19(29)11-9-18/h1-11,17,30H,12-16H2. The summed E-state index contributed by atoms with van der Waals surface area (Å²) < 4.78 is 13.5. The fraction of sp³-hybridized carbons (Fsp3) is 0.231. The van der Waals surface area contributed by atoms with E-state index in [-0.39, 0.29) is 5.82 Å². The molecule has 0 aliphatic carbocycles. The molecule has 2 nitrogen and oxygen atoms in total. The molecule has 5 rings (SSSR count). The topological polar surface area (TPSA) is 19.0 Å². The first-order chi connectivity index (χ1) is 15.1. The average molecular weight is 453 g/mol. The van der Waals surface area contributed by atoms with E-state index < -0.39 is 0 Å². The first kappa shape index (κ1) is 20.6. The highest BCUT2D eigenvalue weighted by molar-refractivity contribution is 6.36. The highest BCUT2D eigenvalue weighted by Gasteiger charge is 2.25. The molecule has 0 bridgehead atoms. The van der Waals surface area contributed by atoms with Crippen LogP contribution in [0.4, 0.5) is 4.39 Å². The number of nitrogens with one attached hydrogen (secondary N) is 1. The molecule has 1 aromatic heterocycles. The summed E-state index contributed by atoms with van der Waals surface area (Å²) in [6.45, 7) is 2.81. The lowest BCUT2D eigenvalue weighted by molar-refractivity contribution is 0.205. The van der Waals surface area contributed by atoms with Crippen LogP contribution in [-0.2, 0) is 6.54 Å². The van der Waals surface area contributed by atoms with Gasteiger partial charge in [0.2, 0.25) is 0 Å². The number of hydrogen-bond acceptors (Lipinski definition) is 1. The molecule has 1 aliphatic rings. The fourth-order valence-electron chi connectivity index (χ4n) is 4.73. The van der Waals surface area contributed by atoms with Crippen LogP contribution in [0.25, 0.3) is 22.2 Å². The van der Waals surface area contributed by atoms with Crippen LogP contribution in [0.1, 0.15) is 29.9 Å². The second-order valence-corrected chi connectivity index (χ2v) is 9.03. The number of rotatable bonds is 4. The number of aromatic amines is 1. The predicted octanol–water partition coefficient (Wildman–Crippen LogP) is 7.66. The number of fused-ring (bicyclic) bond motifs is 1. The number of H-pyrrole nitrogens is 1. The molecule has 0 amide bonds. The van der Waals surface area contributed by atoms with Crippen molar-refractivity contribution in [3.63, 3.8) is 0 Å². The van der Waals surface area contributed by atoms with E-state index in [9.17, 15) is 4.39 Å². The monoisotopic (exact) mass is 452 g/mol. The van der Waals surface area contributed by atoms with E-state index in [0.29, 0.717) is 5.92 Å². The van der Waals surface area contributed by atoms with Gasteiger partial charge in [-0.05, 0) is 91.0 Å². The van der Waals surface area contributed by atoms with E-state index >= 15 is 0 Å². The maximum Gasteiger partial charge on any atom is 0.123 e. The van der Waals surface area contributed by atoms with Crippen molar-refractivity contribution in [2.24, 2.45) is 0 Å². The normalized spacial score (nSPS) is 15.6. The van der Waals surface area contributed by atoms with Gasteiger partial charge >= 0.3 is 0 Å². The van der Waals surface area contributed by atoms with Crippen molar-refractivity contribution in [1.29, 1.82) is 0 Å². The minimum atomic E-state index is -0.221. The zero-order valence-corrected chi connectivity index (χ0v) is 18.6. The molecule has 158 valence electrons. The van der Waals surface area contributed by atoms with Crippen LogP contribution in [0.3, 0.4) is 0 Å². The van der Waals surface area contributed by atoms with Crippen LogP contribution < -0.4 is 0 Å². The molecule has 1 fully saturated rings. The molecular formula is C26H23Cl2FN2. The van der Waals surface area contributed by atoms with Gasteiger partial charge in [-0.25, -0.2) is 4.39 Å². The Balaban J connectivity index is 1.40. The largest absolute Gasteiger partial charge is 0.354 e. The zero-order chi connectivity index (χ0) is 21.4. The van der Waals surface area contributed by atoms with Gasteiger partial charge in [0.05, 0.1) is 5.69 Å². The maximum atomic E-state index is 13.5. The number of hydrogen-bond donors (Lipinski definition) is 1. The van der Waals surface area contributed by atoms with Crippen molar-refractivity contribution in [2.45, 2.75) is 25.3 Å². The summed E-state index contributed by atoms with van der Waals surface area (Å²) in [7, 11) is 0. The van der Waals surface area contributed by atoms with Gasteiger partial charge in [0, 0.05) is 27.5 Å². The van der Waals surface area contributed by atoms with Crippen molar-refractivity contribution >= 4 is 34.1 Å². The smallest absolute Gasteiger partial charge is 0.123 e. The number of benzene rings is 3. The van der Waals surface area contributed by atoms with E-state index in [1.165, 1.54) is 23.1 Å². The lowest BCUT2D eigenvalue weighted by Gasteiger charge is -2.33. The molecule has 1 N–H and O–H groups in total. The second-order valence-electron chi connectivity index (χ2n) is 8.22. The molecule has 4 aromatic rings. The van der Waals surface area contributed by atoms with Gasteiger partial charge in [0.15, 0.2) is 0 Å². The summed E-state index contributed by atoms with van der Waals surface area (Å²) in [4.78, 5) is 6.05. The quantitative estimate of drug-likeness (QED) is 0.336. The number of aromatic nitrogens is 1. The molecule has 3 aromatic carbocycles. The molecule has 5 heteroatoms. The van der Waals surface area contributed by atoms with Gasteiger partial charge in [0.25, 0.3) is 0 Å². The van der Waals surface area contributed by atoms with Crippen LogP contribution in [-0.4, -0.2) is 23.0 Å². The van der Waals surface area contributed by atoms with Crippen LogP contribution in [0.5, 0.6) is 0 Å². The molecule has 0 radical (unpaired) electrons. The van der Waals surface area contributed by atoms with Gasteiger partial charge in [-0.15, -0.1) is 0 Å². The Labute approximate surface area is 191 Å². The van der Waals surface area contributed by atoms with E-state index in [2.05, 4.69) is 28.1 Å². The Bertz CT molecular complexity index is 1190. The van der Waals surface area contributed by atoms with E-state index in [1.807, 2.05) is 36.4 Å². The Morgan fingerprint density at radius 3 is 2.26 bits per heavy atom. The summed E-state index contributed by atoms with van der Waals surface area (Å²) in [5, 5.41) is 2.75. The van der Waals surface area contributed by atoms with Gasteiger partial charge in [-0.3, -0.25) is 4.90 Å². The number of likely N-dealkylation sites (tertiary alicyclic amines) is 1. The molecule has 0 atom stereocenters. The van der Waals surface area contributed by atoms with Crippen molar-refractivity contribution in [1.82, 2.24) is 9.88 Å². The molecule has 1 aliphatic heterocycles. The van der Waals surface area contributed by atoms with Crippen LogP contribution in [0.2, 0.25) is 10.0 Å². The van der Waals surface area contributed by atoms with Crippen molar-refractivity contribution in [2.75, 3.05) is 13.1 Å². The van der Waals surface area contributed by atoms with Crippen LogP contribution in [0.15, 0.2) is 66.7 Å². The third kappa shape index (κ3) is 4.10. The average Bonchev–Trinajstić information content (AvgIpc) is 3.14. The summed E-state index contributed by atoms with van der Waals surface area (Å²) in [5.41, 5.74) is 5.53. The second kappa shape index (κ2) is 8.66. The van der Waals surface area contributed by atoms with Crippen LogP contribution in [0, 0.1) is 5.82 Å². The minimum absolute atomic E-state index is 0.221. The lowest BCUT2D eigenvalue weighted by Crippen LogP contribution is -2.32. The predicted molar refractivity (Wildman–Crippen MR) is 127 cm³/mol. The SMILES string of the molecule is Fc1ccc(-c2[nH]c3ccccc3c2CN2CCC(c3c(Cl)cccc3Cl)CC2)cc1. The molecule has 0 spiro atoms. The maximum absolute atomic E-state index is 13.5. The van der Waals surface area contributed by atoms with Gasteiger partial charge in [-0.2, -0.15) is 0 Å². The van der Waals surface area contributed by atoms with E-state index in [0.717, 1.165) is 64.9 Å². The van der Waals surface area contributed by atoms with Crippen LogP contribution >= 0.6 is 23.2 Å². The Hall–Kier alpha value is -2.33. The lowest BCUT2D eigenvalue weighted by atomic mass is 9.89. The molecule has 31 heavy (non-hydrogen) atoms. The molecule has 1 saturated heterocycles. The highest BCUT2D eigenvalue weighted by atomic mass is 35.5. The minimum Gasteiger partial charge on any atom is -0.354 e. The first-order valence-electron chi connectivity index (χ1n) is 10.6. The number of nitrogens with zero attached hydrogens (tertiary/aromatic N) is 1. The molecule has 0 unspecified atom stereocenters.